The van der Waals surface area contributed by atoms with Gasteiger partial charge in [-0.15, -0.1) is 0 Å². The lowest BCUT2D eigenvalue weighted by molar-refractivity contribution is 0.478. The molecule has 1 aliphatic heterocycles. The zero-order valence-corrected chi connectivity index (χ0v) is 14.3. The Kier molecular flexibility index (Phi) is 4.91. The van der Waals surface area contributed by atoms with Crippen LogP contribution in [0.1, 0.15) is 36.6 Å². The van der Waals surface area contributed by atoms with Gasteiger partial charge in [0.25, 0.3) is 0 Å². The van der Waals surface area contributed by atoms with Crippen LogP contribution < -0.4 is 10.6 Å². The summed E-state index contributed by atoms with van der Waals surface area (Å²) in [6, 6.07) is 8.93. The minimum Gasteiger partial charge on any atom is -0.367 e. The number of rotatable bonds is 4. The van der Waals surface area contributed by atoms with Crippen LogP contribution in [0.2, 0.25) is 0 Å². The van der Waals surface area contributed by atoms with Crippen molar-refractivity contribution in [3.05, 3.63) is 41.1 Å². The molecule has 1 aliphatic rings. The lowest BCUT2D eigenvalue weighted by Crippen LogP contribution is -2.35. The summed E-state index contributed by atoms with van der Waals surface area (Å²) in [5.41, 5.74) is 4.65. The van der Waals surface area contributed by atoms with Crippen molar-refractivity contribution in [1.29, 1.82) is 0 Å². The molecule has 0 radical (unpaired) electrons. The normalized spacial score (nSPS) is 15.6. The Bertz CT molecular complexity index is 658. The Hall–Kier alpha value is -1.94. The van der Waals surface area contributed by atoms with Crippen molar-refractivity contribution in [2.45, 2.75) is 46.1 Å². The molecule has 0 amide bonds. The van der Waals surface area contributed by atoms with E-state index in [2.05, 4.69) is 55.7 Å². The maximum Gasteiger partial charge on any atom is 0.161 e. The second kappa shape index (κ2) is 7.09. The largest absolute Gasteiger partial charge is 0.367 e. The van der Waals surface area contributed by atoms with Gasteiger partial charge in [-0.05, 0) is 46.2 Å². The first kappa shape index (κ1) is 15.9. The number of piperidine rings is 1. The summed E-state index contributed by atoms with van der Waals surface area (Å²) in [7, 11) is 0. The van der Waals surface area contributed by atoms with E-state index in [1.54, 1.807) is 0 Å². The summed E-state index contributed by atoms with van der Waals surface area (Å²) in [4.78, 5) is 9.59. The van der Waals surface area contributed by atoms with E-state index < -0.39 is 0 Å². The molecule has 1 aromatic carbocycles. The van der Waals surface area contributed by atoms with E-state index in [1.807, 2.05) is 0 Å². The number of benzene rings is 1. The van der Waals surface area contributed by atoms with Crippen LogP contribution in [0.5, 0.6) is 0 Å². The first-order valence-corrected chi connectivity index (χ1v) is 8.59. The third-order valence-corrected chi connectivity index (χ3v) is 4.56. The van der Waals surface area contributed by atoms with E-state index in [4.69, 9.17) is 9.97 Å². The average Bonchev–Trinajstić information content (AvgIpc) is 2.56. The molecule has 2 aromatic rings. The fourth-order valence-corrected chi connectivity index (χ4v) is 3.13. The van der Waals surface area contributed by atoms with Gasteiger partial charge in [-0.1, -0.05) is 36.8 Å². The van der Waals surface area contributed by atoms with Crippen LogP contribution >= 0.6 is 0 Å². The van der Waals surface area contributed by atoms with E-state index in [0.717, 1.165) is 55.3 Å². The first-order chi connectivity index (χ1) is 11.2. The molecule has 3 rings (SSSR count). The molecule has 1 aromatic heterocycles. The Morgan fingerprint density at radius 2 is 1.78 bits per heavy atom. The highest BCUT2D eigenvalue weighted by molar-refractivity contribution is 5.60. The number of nitrogens with one attached hydrogen (secondary N) is 2. The van der Waals surface area contributed by atoms with Gasteiger partial charge in [0, 0.05) is 22.9 Å². The third-order valence-electron chi connectivity index (χ3n) is 4.56. The first-order valence-electron chi connectivity index (χ1n) is 8.59. The zero-order chi connectivity index (χ0) is 16.2. The number of aromatic nitrogens is 2. The number of aryl methyl sites for hydroxylation is 2. The predicted molar refractivity (Wildman–Crippen MR) is 95.8 cm³/mol. The van der Waals surface area contributed by atoms with Crippen molar-refractivity contribution in [1.82, 2.24) is 15.3 Å². The van der Waals surface area contributed by atoms with Crippen LogP contribution in [-0.4, -0.2) is 29.1 Å². The van der Waals surface area contributed by atoms with Crippen molar-refractivity contribution >= 4 is 5.82 Å². The lowest BCUT2D eigenvalue weighted by atomic mass is 10.1. The number of nitrogens with zero attached hydrogens (tertiary/aromatic N) is 2. The zero-order valence-electron chi connectivity index (χ0n) is 14.3. The molecule has 0 aliphatic carbocycles. The minimum atomic E-state index is 0.502. The molecule has 2 heterocycles. The van der Waals surface area contributed by atoms with Gasteiger partial charge in [-0.3, -0.25) is 0 Å². The van der Waals surface area contributed by atoms with Gasteiger partial charge >= 0.3 is 0 Å². The van der Waals surface area contributed by atoms with Gasteiger partial charge in [-0.2, -0.15) is 0 Å². The molecule has 23 heavy (non-hydrogen) atoms. The second-order valence-corrected chi connectivity index (χ2v) is 6.35. The van der Waals surface area contributed by atoms with Gasteiger partial charge in [0.1, 0.15) is 5.82 Å². The summed E-state index contributed by atoms with van der Waals surface area (Å²) in [6.07, 6.45) is 3.24. The topological polar surface area (TPSA) is 49.8 Å². The van der Waals surface area contributed by atoms with Crippen molar-refractivity contribution in [2.75, 3.05) is 18.4 Å². The van der Waals surface area contributed by atoms with Crippen molar-refractivity contribution < 1.29 is 0 Å². The van der Waals surface area contributed by atoms with Crippen LogP contribution in [-0.2, 0) is 6.42 Å². The molecular formula is C19H26N4. The standard InChI is InChI=1S/C19H26N4/c1-4-17-14(3)21-18(15-7-5-13(2)6-8-15)23-19(17)22-16-9-11-20-12-10-16/h5-8,16,20H,4,9-12H2,1-3H3,(H,21,22,23). The molecule has 0 saturated carbocycles. The second-order valence-electron chi connectivity index (χ2n) is 6.35. The highest BCUT2D eigenvalue weighted by Crippen LogP contribution is 2.24. The molecule has 0 spiro atoms. The van der Waals surface area contributed by atoms with E-state index in [-0.39, 0.29) is 0 Å². The van der Waals surface area contributed by atoms with Crippen molar-refractivity contribution in [2.24, 2.45) is 0 Å². The van der Waals surface area contributed by atoms with Crippen LogP contribution in [0.3, 0.4) is 0 Å². The molecule has 122 valence electrons. The molecule has 0 unspecified atom stereocenters. The SMILES string of the molecule is CCc1c(C)nc(-c2ccc(C)cc2)nc1NC1CCNCC1. The molecule has 1 fully saturated rings. The summed E-state index contributed by atoms with van der Waals surface area (Å²) < 4.78 is 0. The monoisotopic (exact) mass is 310 g/mol. The van der Waals surface area contributed by atoms with Gasteiger partial charge in [-0.25, -0.2) is 9.97 Å². The van der Waals surface area contributed by atoms with E-state index in [9.17, 15) is 0 Å². The van der Waals surface area contributed by atoms with Crippen LogP contribution in [0.4, 0.5) is 5.82 Å². The predicted octanol–water partition coefficient (Wildman–Crippen LogP) is 3.49. The Balaban J connectivity index is 1.94. The molecule has 0 bridgehead atoms. The minimum absolute atomic E-state index is 0.502. The lowest BCUT2D eigenvalue weighted by Gasteiger charge is -2.25. The summed E-state index contributed by atoms with van der Waals surface area (Å²) in [5.74, 6) is 1.83. The number of hydrogen-bond acceptors (Lipinski definition) is 4. The maximum atomic E-state index is 4.86. The Morgan fingerprint density at radius 3 is 2.43 bits per heavy atom. The highest BCUT2D eigenvalue weighted by atomic mass is 15.1. The van der Waals surface area contributed by atoms with Crippen molar-refractivity contribution in [3.63, 3.8) is 0 Å². The van der Waals surface area contributed by atoms with E-state index in [1.165, 1.54) is 11.1 Å². The van der Waals surface area contributed by atoms with E-state index in [0.29, 0.717) is 6.04 Å². The van der Waals surface area contributed by atoms with Gasteiger partial charge in [0.15, 0.2) is 5.82 Å². The van der Waals surface area contributed by atoms with Crippen LogP contribution in [0.25, 0.3) is 11.4 Å². The Labute approximate surface area is 138 Å². The smallest absolute Gasteiger partial charge is 0.161 e. The average molecular weight is 310 g/mol. The van der Waals surface area contributed by atoms with Crippen molar-refractivity contribution in [3.8, 4) is 11.4 Å². The third kappa shape index (κ3) is 3.70. The molecule has 1 saturated heterocycles. The van der Waals surface area contributed by atoms with Crippen LogP contribution in [0.15, 0.2) is 24.3 Å². The van der Waals surface area contributed by atoms with E-state index >= 15 is 0 Å². The maximum absolute atomic E-state index is 4.86. The van der Waals surface area contributed by atoms with Crippen LogP contribution in [0, 0.1) is 13.8 Å². The quantitative estimate of drug-likeness (QED) is 0.907. The Morgan fingerprint density at radius 1 is 1.09 bits per heavy atom. The molecule has 0 atom stereocenters. The molecule has 4 nitrogen and oxygen atoms in total. The highest BCUT2D eigenvalue weighted by Gasteiger charge is 2.17. The van der Waals surface area contributed by atoms with Gasteiger partial charge in [0.05, 0.1) is 0 Å². The molecular weight excluding hydrogens is 284 g/mol. The number of hydrogen-bond donors (Lipinski definition) is 2. The fourth-order valence-electron chi connectivity index (χ4n) is 3.13. The number of anilines is 1. The molecule has 4 heteroatoms. The summed E-state index contributed by atoms with van der Waals surface area (Å²) in [5, 5.41) is 7.08. The van der Waals surface area contributed by atoms with Gasteiger partial charge in [0.2, 0.25) is 0 Å². The molecule has 2 N–H and O–H groups in total. The summed E-state index contributed by atoms with van der Waals surface area (Å²) in [6.45, 7) is 8.51. The fraction of sp³-hybridized carbons (Fsp3) is 0.474. The summed E-state index contributed by atoms with van der Waals surface area (Å²) >= 11 is 0. The van der Waals surface area contributed by atoms with Gasteiger partial charge < -0.3 is 10.6 Å².